The number of benzene rings is 2. The highest BCUT2D eigenvalue weighted by Crippen LogP contribution is 2.20. The molecule has 6 nitrogen and oxygen atoms in total. The van der Waals surface area contributed by atoms with E-state index in [4.69, 9.17) is 0 Å². The van der Waals surface area contributed by atoms with Gasteiger partial charge in [-0.15, -0.1) is 0 Å². The first kappa shape index (κ1) is 19.5. The lowest BCUT2D eigenvalue weighted by Gasteiger charge is -2.17. The first-order valence-corrected chi connectivity index (χ1v) is 9.29. The second-order valence-corrected chi connectivity index (χ2v) is 7.06. The number of hydrogen-bond donors (Lipinski definition) is 2. The van der Waals surface area contributed by atoms with Gasteiger partial charge in [-0.3, -0.25) is 14.3 Å². The maximum atomic E-state index is 13.0. The third kappa shape index (κ3) is 3.58. The van der Waals surface area contributed by atoms with Crippen molar-refractivity contribution in [3.8, 4) is 5.69 Å². The van der Waals surface area contributed by atoms with E-state index in [2.05, 4.69) is 10.6 Å². The monoisotopic (exact) mass is 378 g/mol. The van der Waals surface area contributed by atoms with Gasteiger partial charge < -0.3 is 10.6 Å². The predicted molar refractivity (Wildman–Crippen MR) is 113 cm³/mol. The van der Waals surface area contributed by atoms with Crippen LogP contribution in [0.5, 0.6) is 0 Å². The Morgan fingerprint density at radius 2 is 1.54 bits per heavy atom. The Morgan fingerprint density at radius 3 is 2.14 bits per heavy atom. The zero-order chi connectivity index (χ0) is 20.4. The second-order valence-electron chi connectivity index (χ2n) is 7.06. The Bertz CT molecular complexity index is 1040. The minimum absolute atomic E-state index is 0.182. The average molecular weight is 378 g/mol. The first-order valence-electron chi connectivity index (χ1n) is 9.29. The maximum Gasteiger partial charge on any atom is 0.295 e. The molecule has 0 bridgehead atoms. The van der Waals surface area contributed by atoms with Gasteiger partial charge in [0.25, 0.3) is 5.56 Å². The Kier molecular flexibility index (Phi) is 5.40. The molecule has 0 saturated heterocycles. The molecule has 0 aliphatic rings. The summed E-state index contributed by atoms with van der Waals surface area (Å²) in [5, 5.41) is 6.08. The standard InChI is InChI=1S/C22H26N4O2/c1-14-10-9-11-15(2)19(14)24-21(27)16(3)23-20-17(4)25(5)26(22(20)28)18-12-7-6-8-13-18/h6-13,16,23H,1-5H3,(H,24,27). The average Bonchev–Trinajstić information content (AvgIpc) is 2.88. The molecule has 146 valence electrons. The van der Waals surface area contributed by atoms with E-state index in [0.29, 0.717) is 5.69 Å². The molecule has 3 aromatic rings. The molecule has 0 aliphatic carbocycles. The third-order valence-electron chi connectivity index (χ3n) is 5.04. The highest BCUT2D eigenvalue weighted by atomic mass is 16.2. The normalized spacial score (nSPS) is 11.9. The molecule has 2 N–H and O–H groups in total. The molecule has 0 spiro atoms. The van der Waals surface area contributed by atoms with E-state index in [9.17, 15) is 9.59 Å². The summed E-state index contributed by atoms with van der Waals surface area (Å²) in [5.41, 5.74) is 4.60. The molecule has 6 heteroatoms. The number of anilines is 2. The van der Waals surface area contributed by atoms with Crippen LogP contribution < -0.4 is 16.2 Å². The summed E-state index contributed by atoms with van der Waals surface area (Å²) in [4.78, 5) is 25.7. The van der Waals surface area contributed by atoms with E-state index >= 15 is 0 Å². The Balaban J connectivity index is 1.86. The molecular weight excluding hydrogens is 352 g/mol. The van der Waals surface area contributed by atoms with Crippen molar-refractivity contribution < 1.29 is 4.79 Å². The number of carbonyl (C=O) groups is 1. The lowest BCUT2D eigenvalue weighted by molar-refractivity contribution is -0.116. The summed E-state index contributed by atoms with van der Waals surface area (Å²) in [7, 11) is 1.83. The predicted octanol–water partition coefficient (Wildman–Crippen LogP) is 3.54. The number of aromatic nitrogens is 2. The minimum atomic E-state index is -0.572. The van der Waals surface area contributed by atoms with Crippen LogP contribution >= 0.6 is 0 Å². The summed E-state index contributed by atoms with van der Waals surface area (Å²) < 4.78 is 3.38. The molecule has 1 aromatic heterocycles. The molecule has 0 aliphatic heterocycles. The smallest absolute Gasteiger partial charge is 0.295 e. The molecule has 1 atom stereocenters. The third-order valence-corrected chi connectivity index (χ3v) is 5.04. The van der Waals surface area contributed by atoms with Gasteiger partial charge in [0.1, 0.15) is 11.7 Å². The fourth-order valence-corrected chi connectivity index (χ4v) is 3.26. The second kappa shape index (κ2) is 7.76. The van der Waals surface area contributed by atoms with Crippen LogP contribution in [0.1, 0.15) is 23.7 Å². The van der Waals surface area contributed by atoms with Crippen molar-refractivity contribution in [2.24, 2.45) is 7.05 Å². The molecule has 2 aromatic carbocycles. The zero-order valence-electron chi connectivity index (χ0n) is 16.9. The van der Waals surface area contributed by atoms with Crippen molar-refractivity contribution >= 4 is 17.3 Å². The zero-order valence-corrected chi connectivity index (χ0v) is 16.9. The van der Waals surface area contributed by atoms with Crippen LogP contribution in [0.4, 0.5) is 11.4 Å². The molecule has 1 heterocycles. The largest absolute Gasteiger partial charge is 0.368 e. The van der Waals surface area contributed by atoms with E-state index in [1.807, 2.05) is 76.3 Å². The van der Waals surface area contributed by atoms with Crippen LogP contribution in [0.2, 0.25) is 0 Å². The number of nitrogens with one attached hydrogen (secondary N) is 2. The molecule has 0 radical (unpaired) electrons. The fourth-order valence-electron chi connectivity index (χ4n) is 3.26. The van der Waals surface area contributed by atoms with Crippen molar-refractivity contribution in [1.82, 2.24) is 9.36 Å². The summed E-state index contributed by atoms with van der Waals surface area (Å²) >= 11 is 0. The van der Waals surface area contributed by atoms with Crippen LogP contribution in [0.25, 0.3) is 5.69 Å². The summed E-state index contributed by atoms with van der Waals surface area (Å²) in [6, 6.07) is 14.7. The van der Waals surface area contributed by atoms with Crippen molar-refractivity contribution in [2.75, 3.05) is 10.6 Å². The molecule has 1 amide bonds. The molecule has 0 saturated carbocycles. The highest BCUT2D eigenvalue weighted by molar-refractivity contribution is 5.97. The number of para-hydroxylation sites is 2. The van der Waals surface area contributed by atoms with Gasteiger partial charge in [0, 0.05) is 12.7 Å². The lowest BCUT2D eigenvalue weighted by Crippen LogP contribution is -2.34. The molecule has 28 heavy (non-hydrogen) atoms. The van der Waals surface area contributed by atoms with Crippen molar-refractivity contribution in [1.29, 1.82) is 0 Å². The van der Waals surface area contributed by atoms with Gasteiger partial charge in [-0.2, -0.15) is 0 Å². The van der Waals surface area contributed by atoms with Crippen molar-refractivity contribution in [3.05, 3.63) is 75.7 Å². The van der Waals surface area contributed by atoms with Crippen LogP contribution in [0, 0.1) is 20.8 Å². The van der Waals surface area contributed by atoms with E-state index in [-0.39, 0.29) is 11.5 Å². The van der Waals surface area contributed by atoms with Crippen molar-refractivity contribution in [2.45, 2.75) is 33.7 Å². The van der Waals surface area contributed by atoms with Crippen LogP contribution in [0.3, 0.4) is 0 Å². The molecule has 3 rings (SSSR count). The number of nitrogens with zero attached hydrogens (tertiary/aromatic N) is 2. The number of amides is 1. The summed E-state index contributed by atoms with van der Waals surface area (Å²) in [6.07, 6.45) is 0. The number of rotatable bonds is 5. The Morgan fingerprint density at radius 1 is 0.929 bits per heavy atom. The van der Waals surface area contributed by atoms with Gasteiger partial charge in [-0.1, -0.05) is 36.4 Å². The Labute approximate surface area is 164 Å². The number of carbonyl (C=O) groups excluding carboxylic acids is 1. The number of hydrogen-bond acceptors (Lipinski definition) is 3. The lowest BCUT2D eigenvalue weighted by atomic mass is 10.1. The van der Waals surface area contributed by atoms with Gasteiger partial charge in [0.15, 0.2) is 0 Å². The van der Waals surface area contributed by atoms with Gasteiger partial charge in [0.05, 0.1) is 11.4 Å². The van der Waals surface area contributed by atoms with E-state index in [1.54, 1.807) is 16.3 Å². The van der Waals surface area contributed by atoms with E-state index < -0.39 is 6.04 Å². The van der Waals surface area contributed by atoms with Crippen LogP contribution in [-0.2, 0) is 11.8 Å². The summed E-state index contributed by atoms with van der Waals surface area (Å²) in [6.45, 7) is 7.53. The van der Waals surface area contributed by atoms with E-state index in [1.165, 1.54) is 0 Å². The molecule has 0 fully saturated rings. The number of aryl methyl sites for hydroxylation is 2. The van der Waals surface area contributed by atoms with Gasteiger partial charge in [-0.05, 0) is 51.0 Å². The first-order chi connectivity index (χ1) is 13.3. The highest BCUT2D eigenvalue weighted by Gasteiger charge is 2.21. The van der Waals surface area contributed by atoms with Gasteiger partial charge >= 0.3 is 0 Å². The van der Waals surface area contributed by atoms with Crippen LogP contribution in [-0.4, -0.2) is 21.3 Å². The van der Waals surface area contributed by atoms with Gasteiger partial charge in [-0.25, -0.2) is 4.68 Å². The van der Waals surface area contributed by atoms with Crippen molar-refractivity contribution in [3.63, 3.8) is 0 Å². The molecule has 1 unspecified atom stereocenters. The minimum Gasteiger partial charge on any atom is -0.368 e. The fraction of sp³-hybridized carbons (Fsp3) is 0.273. The Hall–Kier alpha value is -3.28. The topological polar surface area (TPSA) is 68.1 Å². The maximum absolute atomic E-state index is 13.0. The molecular formula is C22H26N4O2. The quantitative estimate of drug-likeness (QED) is 0.714. The van der Waals surface area contributed by atoms with Crippen LogP contribution in [0.15, 0.2) is 53.3 Å². The SMILES string of the molecule is Cc1cccc(C)c1NC(=O)C(C)Nc1c(C)n(C)n(-c2ccccc2)c1=O. The van der Waals surface area contributed by atoms with Gasteiger partial charge in [0.2, 0.25) is 5.91 Å². The van der Waals surface area contributed by atoms with E-state index in [0.717, 1.165) is 28.2 Å². The summed E-state index contributed by atoms with van der Waals surface area (Å²) in [5.74, 6) is -0.189.